The molecule has 19 heavy (non-hydrogen) atoms. The summed E-state index contributed by atoms with van der Waals surface area (Å²) >= 11 is 0. The van der Waals surface area contributed by atoms with Crippen LogP contribution in [-0.4, -0.2) is 36.3 Å². The van der Waals surface area contributed by atoms with Gasteiger partial charge in [-0.05, 0) is 26.7 Å². The second kappa shape index (κ2) is 9.36. The van der Waals surface area contributed by atoms with Crippen molar-refractivity contribution in [3.63, 3.8) is 0 Å². The fraction of sp³-hybridized carbons (Fsp3) is 0.600. The van der Waals surface area contributed by atoms with E-state index in [1.807, 2.05) is 0 Å². The highest BCUT2D eigenvalue weighted by Crippen LogP contribution is 2.03. The van der Waals surface area contributed by atoms with Gasteiger partial charge in [-0.15, -0.1) is 0 Å². The van der Waals surface area contributed by atoms with Crippen LogP contribution >= 0.6 is 0 Å². The number of hydrogen-bond donors (Lipinski definition) is 1. The summed E-state index contributed by atoms with van der Waals surface area (Å²) < 4.78 is 0. The molecule has 0 aliphatic carbocycles. The second-order valence-electron chi connectivity index (χ2n) is 4.82. The molecule has 0 saturated carbocycles. The maximum Gasteiger partial charge on any atom is 0.248 e. The summed E-state index contributed by atoms with van der Waals surface area (Å²) in [7, 11) is 0. The highest BCUT2D eigenvalue weighted by molar-refractivity contribution is 5.92. The van der Waals surface area contributed by atoms with Crippen molar-refractivity contribution in [1.82, 2.24) is 10.2 Å². The summed E-state index contributed by atoms with van der Waals surface area (Å²) in [6.07, 6.45) is 2.77. The molecule has 0 aromatic carbocycles. The van der Waals surface area contributed by atoms with Crippen LogP contribution in [0.3, 0.4) is 0 Å². The van der Waals surface area contributed by atoms with E-state index in [-0.39, 0.29) is 11.8 Å². The number of unbranched alkanes of at least 4 members (excludes halogenated alkanes) is 1. The number of nitrogens with zero attached hydrogens (tertiary/aromatic N) is 1. The molecule has 2 amide bonds. The van der Waals surface area contributed by atoms with Crippen LogP contribution < -0.4 is 5.32 Å². The molecule has 1 N–H and O–H groups in total. The summed E-state index contributed by atoms with van der Waals surface area (Å²) in [5.41, 5.74) is 1.06. The zero-order chi connectivity index (χ0) is 14.8. The molecule has 0 radical (unpaired) electrons. The molecular weight excluding hydrogens is 240 g/mol. The Morgan fingerprint density at radius 2 is 1.63 bits per heavy atom. The lowest BCUT2D eigenvalue weighted by atomic mass is 10.2. The van der Waals surface area contributed by atoms with E-state index in [1.165, 1.54) is 0 Å². The number of hydrogen-bond acceptors (Lipinski definition) is 2. The Morgan fingerprint density at radius 1 is 1.05 bits per heavy atom. The quantitative estimate of drug-likeness (QED) is 0.514. The van der Waals surface area contributed by atoms with Gasteiger partial charge in [0.2, 0.25) is 11.8 Å². The number of carbonyl (C=O) groups excluding carboxylic acids is 2. The number of carbonyl (C=O) groups is 2. The minimum atomic E-state index is -0.133. The highest BCUT2D eigenvalue weighted by Gasteiger charge is 2.13. The molecule has 0 aliphatic rings. The third-order valence-electron chi connectivity index (χ3n) is 2.71. The molecule has 4 heteroatoms. The van der Waals surface area contributed by atoms with Crippen molar-refractivity contribution < 1.29 is 9.59 Å². The van der Waals surface area contributed by atoms with Crippen LogP contribution in [0.15, 0.2) is 24.3 Å². The molecule has 0 bridgehead atoms. The van der Waals surface area contributed by atoms with E-state index in [1.54, 1.807) is 18.7 Å². The molecular formula is C15H26N2O2. The zero-order valence-corrected chi connectivity index (χ0v) is 12.4. The summed E-state index contributed by atoms with van der Waals surface area (Å²) in [6, 6.07) is 0. The molecule has 0 aliphatic heterocycles. The molecule has 0 atom stereocenters. The predicted octanol–water partition coefficient (Wildman–Crippen LogP) is 2.27. The number of rotatable bonds is 9. The highest BCUT2D eigenvalue weighted by atomic mass is 16.2. The minimum Gasteiger partial charge on any atom is -0.352 e. The fourth-order valence-corrected chi connectivity index (χ4v) is 1.56. The largest absolute Gasteiger partial charge is 0.352 e. The van der Waals surface area contributed by atoms with Gasteiger partial charge >= 0.3 is 0 Å². The molecule has 0 fully saturated rings. The summed E-state index contributed by atoms with van der Waals surface area (Å²) in [5.74, 6) is -0.133. The molecule has 0 spiro atoms. The standard InChI is InChI=1S/C15H26N2O2/c1-6-7-10-17(15(19)13(4)5)11-8-9-16-14(18)12(2)3/h2,4,6-11H2,1,3,5H3,(H,16,18). The maximum atomic E-state index is 11.9. The first-order valence-electron chi connectivity index (χ1n) is 6.78. The van der Waals surface area contributed by atoms with Crippen molar-refractivity contribution in [1.29, 1.82) is 0 Å². The molecule has 0 aromatic rings. The van der Waals surface area contributed by atoms with E-state index in [9.17, 15) is 9.59 Å². The van der Waals surface area contributed by atoms with Gasteiger partial charge in [0.05, 0.1) is 0 Å². The van der Waals surface area contributed by atoms with Crippen molar-refractivity contribution in [2.45, 2.75) is 40.0 Å². The average molecular weight is 266 g/mol. The molecule has 0 heterocycles. The van der Waals surface area contributed by atoms with Crippen LogP contribution in [0.5, 0.6) is 0 Å². The van der Waals surface area contributed by atoms with Crippen molar-refractivity contribution in [3.05, 3.63) is 24.3 Å². The number of nitrogens with one attached hydrogen (secondary N) is 1. The first-order chi connectivity index (χ1) is 8.90. The fourth-order valence-electron chi connectivity index (χ4n) is 1.56. The molecule has 0 unspecified atom stereocenters. The Hall–Kier alpha value is -1.58. The van der Waals surface area contributed by atoms with Crippen molar-refractivity contribution in [2.75, 3.05) is 19.6 Å². The maximum absolute atomic E-state index is 11.9. The van der Waals surface area contributed by atoms with Crippen LogP contribution in [-0.2, 0) is 9.59 Å². The van der Waals surface area contributed by atoms with Gasteiger partial charge in [-0.1, -0.05) is 26.5 Å². The van der Waals surface area contributed by atoms with E-state index in [0.717, 1.165) is 25.8 Å². The summed E-state index contributed by atoms with van der Waals surface area (Å²) in [4.78, 5) is 25.0. The Labute approximate surface area is 116 Å². The van der Waals surface area contributed by atoms with Crippen LogP contribution in [0, 0.1) is 0 Å². The van der Waals surface area contributed by atoms with E-state index in [0.29, 0.717) is 24.2 Å². The topological polar surface area (TPSA) is 49.4 Å². The lowest BCUT2D eigenvalue weighted by Crippen LogP contribution is -2.35. The smallest absolute Gasteiger partial charge is 0.248 e. The molecule has 4 nitrogen and oxygen atoms in total. The van der Waals surface area contributed by atoms with Gasteiger partial charge in [-0.3, -0.25) is 9.59 Å². The lowest BCUT2D eigenvalue weighted by Gasteiger charge is -2.22. The SMILES string of the molecule is C=C(C)C(=O)NCCCN(CCCC)C(=O)C(=C)C. The molecule has 0 aromatic heterocycles. The summed E-state index contributed by atoms with van der Waals surface area (Å²) in [5, 5.41) is 2.76. The van der Waals surface area contributed by atoms with Gasteiger partial charge in [-0.25, -0.2) is 0 Å². The normalized spacial score (nSPS) is 9.84. The van der Waals surface area contributed by atoms with Crippen molar-refractivity contribution in [3.8, 4) is 0 Å². The molecule has 108 valence electrons. The minimum absolute atomic E-state index is 0.000298. The second-order valence-corrected chi connectivity index (χ2v) is 4.82. The first kappa shape index (κ1) is 17.4. The third-order valence-corrected chi connectivity index (χ3v) is 2.71. The van der Waals surface area contributed by atoms with Crippen LogP contribution in [0.1, 0.15) is 40.0 Å². The monoisotopic (exact) mass is 266 g/mol. The van der Waals surface area contributed by atoms with Gasteiger partial charge < -0.3 is 10.2 Å². The Bertz CT molecular complexity index is 348. The zero-order valence-electron chi connectivity index (χ0n) is 12.4. The predicted molar refractivity (Wildman–Crippen MR) is 78.7 cm³/mol. The molecule has 0 rings (SSSR count). The Kier molecular flexibility index (Phi) is 8.58. The van der Waals surface area contributed by atoms with E-state index < -0.39 is 0 Å². The van der Waals surface area contributed by atoms with E-state index >= 15 is 0 Å². The van der Waals surface area contributed by atoms with Gasteiger partial charge in [0.15, 0.2) is 0 Å². The Morgan fingerprint density at radius 3 is 2.11 bits per heavy atom. The van der Waals surface area contributed by atoms with Gasteiger partial charge in [0.25, 0.3) is 0 Å². The van der Waals surface area contributed by atoms with Crippen molar-refractivity contribution >= 4 is 11.8 Å². The van der Waals surface area contributed by atoms with Crippen LogP contribution in [0.25, 0.3) is 0 Å². The third kappa shape index (κ3) is 7.44. The van der Waals surface area contributed by atoms with Crippen molar-refractivity contribution in [2.24, 2.45) is 0 Å². The van der Waals surface area contributed by atoms with Crippen LogP contribution in [0.4, 0.5) is 0 Å². The summed E-state index contributed by atoms with van der Waals surface area (Å²) in [6.45, 7) is 14.7. The molecule has 0 saturated heterocycles. The number of amides is 2. The van der Waals surface area contributed by atoms with Gasteiger partial charge in [0, 0.05) is 30.8 Å². The van der Waals surface area contributed by atoms with Gasteiger partial charge in [0.1, 0.15) is 0 Å². The van der Waals surface area contributed by atoms with E-state index in [2.05, 4.69) is 25.4 Å². The first-order valence-corrected chi connectivity index (χ1v) is 6.78. The van der Waals surface area contributed by atoms with E-state index in [4.69, 9.17) is 0 Å². The van der Waals surface area contributed by atoms with Crippen LogP contribution in [0.2, 0.25) is 0 Å². The Balaban J connectivity index is 4.12. The lowest BCUT2D eigenvalue weighted by molar-refractivity contribution is -0.127. The average Bonchev–Trinajstić information content (AvgIpc) is 2.36. The van der Waals surface area contributed by atoms with Gasteiger partial charge in [-0.2, -0.15) is 0 Å².